The summed E-state index contributed by atoms with van der Waals surface area (Å²) < 4.78 is 33.6. The van der Waals surface area contributed by atoms with Crippen LogP contribution in [0.2, 0.25) is 0 Å². The Morgan fingerprint density at radius 3 is 2.47 bits per heavy atom. The van der Waals surface area contributed by atoms with E-state index in [4.69, 9.17) is 14.6 Å². The Hall–Kier alpha value is -2.11. The minimum atomic E-state index is -2.55. The lowest BCUT2D eigenvalue weighted by atomic mass is 10.2. The summed E-state index contributed by atoms with van der Waals surface area (Å²) in [6.45, 7) is 4.92. The minimum Gasteiger partial charge on any atom is -0.491 e. The van der Waals surface area contributed by atoms with Gasteiger partial charge >= 0.3 is 11.9 Å². The normalized spacial score (nSPS) is 14.7. The third-order valence-electron chi connectivity index (χ3n) is 3.84. The molecular weight excluding hydrogens is 434 g/mol. The number of rotatable bonds is 10. The van der Waals surface area contributed by atoms with E-state index >= 15 is 0 Å². The number of aliphatic carboxylic acids is 1. The molecule has 0 radical (unpaired) electrons. The number of benzene rings is 1. The van der Waals surface area contributed by atoms with Gasteiger partial charge in [0.25, 0.3) is 11.3 Å². The first-order chi connectivity index (χ1) is 14.0. The van der Waals surface area contributed by atoms with E-state index < -0.39 is 40.5 Å². The molecule has 0 bridgehead atoms. The van der Waals surface area contributed by atoms with Crippen molar-refractivity contribution in [2.75, 3.05) is 23.2 Å². The standard InChI is InChI=1S/C19H25NO8S2/c1-19(2,3)28-17(23)9-20(30(25)26)14-7-6-13(18(24)29-11-16(21)22)8-15(14)27-10-12-4-5-12/h6-8,12H,4-5,9-11H2,1-3H3,(H,21,22)(H,25,26). The lowest BCUT2D eigenvalue weighted by molar-refractivity contribution is -0.152. The number of ether oxygens (including phenoxy) is 2. The molecule has 11 heteroatoms. The van der Waals surface area contributed by atoms with E-state index in [0.717, 1.165) is 17.1 Å². The maximum atomic E-state index is 12.2. The number of hydrogen-bond acceptors (Lipinski definition) is 7. The molecule has 1 aliphatic carbocycles. The molecule has 1 fully saturated rings. The van der Waals surface area contributed by atoms with Gasteiger partial charge in [0.05, 0.1) is 18.0 Å². The molecular formula is C19H25NO8S2. The summed E-state index contributed by atoms with van der Waals surface area (Å²) in [5.41, 5.74) is -0.415. The van der Waals surface area contributed by atoms with Crippen LogP contribution in [0.3, 0.4) is 0 Å². The average molecular weight is 460 g/mol. The molecule has 0 amide bonds. The Labute approximate surface area is 181 Å². The molecule has 1 aliphatic rings. The predicted molar refractivity (Wildman–Crippen MR) is 113 cm³/mol. The van der Waals surface area contributed by atoms with Crippen LogP contribution in [0, 0.1) is 5.92 Å². The molecule has 30 heavy (non-hydrogen) atoms. The first kappa shape index (κ1) is 24.2. The molecule has 2 N–H and O–H groups in total. The van der Waals surface area contributed by atoms with E-state index in [1.165, 1.54) is 18.2 Å². The highest BCUT2D eigenvalue weighted by molar-refractivity contribution is 8.14. The Bertz CT molecular complexity index is 832. The topological polar surface area (TPSA) is 130 Å². The summed E-state index contributed by atoms with van der Waals surface area (Å²) in [7, 11) is 0. The average Bonchev–Trinajstić information content (AvgIpc) is 3.45. The van der Waals surface area contributed by atoms with E-state index in [9.17, 15) is 23.1 Å². The van der Waals surface area contributed by atoms with Crippen LogP contribution in [0.25, 0.3) is 0 Å². The number of esters is 1. The van der Waals surface area contributed by atoms with Crippen LogP contribution in [0.5, 0.6) is 5.75 Å². The molecule has 1 saturated carbocycles. The van der Waals surface area contributed by atoms with Gasteiger partial charge in [-0.05, 0) is 57.7 Å². The van der Waals surface area contributed by atoms with Crippen molar-refractivity contribution < 1.29 is 37.7 Å². The number of carboxylic acids is 1. The monoisotopic (exact) mass is 459 g/mol. The van der Waals surface area contributed by atoms with Crippen LogP contribution in [-0.2, 0) is 25.6 Å². The Morgan fingerprint density at radius 2 is 1.93 bits per heavy atom. The van der Waals surface area contributed by atoms with Gasteiger partial charge in [-0.15, -0.1) is 0 Å². The van der Waals surface area contributed by atoms with E-state index in [1.54, 1.807) is 20.8 Å². The van der Waals surface area contributed by atoms with Crippen LogP contribution in [-0.4, -0.2) is 55.4 Å². The Balaban J connectivity index is 2.28. The molecule has 1 atom stereocenters. The van der Waals surface area contributed by atoms with Crippen molar-refractivity contribution >= 4 is 45.8 Å². The van der Waals surface area contributed by atoms with Crippen molar-refractivity contribution in [3.05, 3.63) is 23.8 Å². The SMILES string of the molecule is CC(C)(C)OC(=O)CN(c1ccc(C(=O)SCC(=O)O)cc1OCC1CC1)S(=O)O. The van der Waals surface area contributed by atoms with E-state index in [1.807, 2.05) is 0 Å². The first-order valence-corrected chi connectivity index (χ1v) is 11.3. The van der Waals surface area contributed by atoms with Crippen LogP contribution in [0.1, 0.15) is 44.0 Å². The second-order valence-electron chi connectivity index (χ2n) is 7.76. The van der Waals surface area contributed by atoms with Crippen molar-refractivity contribution in [1.29, 1.82) is 0 Å². The maximum Gasteiger partial charge on any atom is 0.327 e. The number of carbonyl (C=O) groups is 3. The molecule has 0 aliphatic heterocycles. The number of nitrogens with zero attached hydrogens (tertiary/aromatic N) is 1. The summed E-state index contributed by atoms with van der Waals surface area (Å²) in [5.74, 6) is -1.67. The fourth-order valence-electron chi connectivity index (χ4n) is 2.38. The number of hydrogen-bond donors (Lipinski definition) is 2. The minimum absolute atomic E-state index is 0.155. The fourth-order valence-corrected chi connectivity index (χ4v) is 3.46. The summed E-state index contributed by atoms with van der Waals surface area (Å²) in [5, 5.41) is 8.28. The van der Waals surface area contributed by atoms with E-state index in [0.29, 0.717) is 24.3 Å². The molecule has 166 valence electrons. The number of anilines is 1. The van der Waals surface area contributed by atoms with Crippen LogP contribution in [0.15, 0.2) is 18.2 Å². The van der Waals surface area contributed by atoms with E-state index in [-0.39, 0.29) is 22.8 Å². The first-order valence-electron chi connectivity index (χ1n) is 9.22. The lowest BCUT2D eigenvalue weighted by Crippen LogP contribution is -2.36. The van der Waals surface area contributed by atoms with Crippen molar-refractivity contribution in [2.45, 2.75) is 39.2 Å². The number of thioether (sulfide) groups is 1. The van der Waals surface area contributed by atoms with Gasteiger partial charge in [-0.25, -0.2) is 4.21 Å². The summed E-state index contributed by atoms with van der Waals surface area (Å²) in [6, 6.07) is 4.19. The second kappa shape index (κ2) is 10.3. The summed E-state index contributed by atoms with van der Waals surface area (Å²) in [4.78, 5) is 35.1. The molecule has 0 aromatic heterocycles. The van der Waals surface area contributed by atoms with Gasteiger partial charge in [0.2, 0.25) is 5.12 Å². The lowest BCUT2D eigenvalue weighted by Gasteiger charge is -2.25. The van der Waals surface area contributed by atoms with Gasteiger partial charge in [-0.2, -0.15) is 0 Å². The highest BCUT2D eigenvalue weighted by Gasteiger charge is 2.27. The van der Waals surface area contributed by atoms with Crippen LogP contribution >= 0.6 is 11.8 Å². The Kier molecular flexibility index (Phi) is 8.27. The van der Waals surface area contributed by atoms with Crippen LogP contribution < -0.4 is 9.04 Å². The van der Waals surface area contributed by atoms with Gasteiger partial charge in [0.15, 0.2) is 0 Å². The molecule has 0 heterocycles. The number of carbonyl (C=O) groups excluding carboxylic acids is 2. The second-order valence-corrected chi connectivity index (χ2v) is 9.61. The smallest absolute Gasteiger partial charge is 0.327 e. The molecule has 0 spiro atoms. The van der Waals surface area contributed by atoms with Gasteiger partial charge in [-0.3, -0.25) is 23.2 Å². The molecule has 1 aromatic rings. The third-order valence-corrected chi connectivity index (χ3v) is 5.44. The zero-order chi connectivity index (χ0) is 22.5. The maximum absolute atomic E-state index is 12.2. The predicted octanol–water partition coefficient (Wildman–Crippen LogP) is 2.72. The van der Waals surface area contributed by atoms with Crippen molar-refractivity contribution in [3.63, 3.8) is 0 Å². The van der Waals surface area contributed by atoms with E-state index in [2.05, 4.69) is 0 Å². The van der Waals surface area contributed by atoms with Gasteiger partial charge < -0.3 is 14.6 Å². The van der Waals surface area contributed by atoms with Crippen molar-refractivity contribution in [3.8, 4) is 5.75 Å². The van der Waals surface area contributed by atoms with Gasteiger partial charge in [0.1, 0.15) is 17.9 Å². The molecule has 1 unspecified atom stereocenters. The summed E-state index contributed by atoms with van der Waals surface area (Å²) in [6.07, 6.45) is 2.02. The summed E-state index contributed by atoms with van der Waals surface area (Å²) >= 11 is -1.92. The van der Waals surface area contributed by atoms with Crippen LogP contribution in [0.4, 0.5) is 5.69 Å². The molecule has 0 saturated heterocycles. The van der Waals surface area contributed by atoms with Crippen molar-refractivity contribution in [1.82, 2.24) is 0 Å². The zero-order valence-electron chi connectivity index (χ0n) is 17.0. The molecule has 9 nitrogen and oxygen atoms in total. The van der Waals surface area contributed by atoms with Gasteiger partial charge in [-0.1, -0.05) is 11.8 Å². The highest BCUT2D eigenvalue weighted by atomic mass is 32.2. The highest BCUT2D eigenvalue weighted by Crippen LogP contribution is 2.35. The largest absolute Gasteiger partial charge is 0.491 e. The molecule has 1 aromatic carbocycles. The van der Waals surface area contributed by atoms with Crippen molar-refractivity contribution in [2.24, 2.45) is 5.92 Å². The fraction of sp³-hybridized carbons (Fsp3) is 0.526. The number of carboxylic acid groups (broad SMARTS) is 1. The quantitative estimate of drug-likeness (QED) is 0.400. The zero-order valence-corrected chi connectivity index (χ0v) is 18.6. The van der Waals surface area contributed by atoms with Gasteiger partial charge in [0, 0.05) is 5.56 Å². The third kappa shape index (κ3) is 7.96. The Morgan fingerprint density at radius 1 is 1.27 bits per heavy atom. The molecule has 2 rings (SSSR count).